The van der Waals surface area contributed by atoms with E-state index in [1.165, 1.54) is 51.9 Å². The molecule has 0 bridgehead atoms. The third kappa shape index (κ3) is 4.22. The van der Waals surface area contributed by atoms with Gasteiger partial charge in [-0.15, -0.1) is 5.10 Å². The summed E-state index contributed by atoms with van der Waals surface area (Å²) in [6.07, 6.45) is 6.81. The molecule has 2 saturated heterocycles. The average molecular weight is 332 g/mol. The molecule has 0 radical (unpaired) electrons. The summed E-state index contributed by atoms with van der Waals surface area (Å²) in [4.78, 5) is 9.81. The third-order valence-electron chi connectivity index (χ3n) is 5.58. The van der Waals surface area contributed by atoms with E-state index in [0.717, 1.165) is 30.3 Å². The lowest BCUT2D eigenvalue weighted by atomic mass is 9.98. The van der Waals surface area contributed by atoms with Crippen molar-refractivity contribution in [2.45, 2.75) is 64.5 Å². The van der Waals surface area contributed by atoms with Gasteiger partial charge in [-0.3, -0.25) is 0 Å². The number of hydrogen-bond donors (Lipinski definition) is 1. The van der Waals surface area contributed by atoms with E-state index in [1.54, 1.807) is 0 Å². The Bertz CT molecular complexity index is 518. The molecule has 3 heterocycles. The zero-order chi connectivity index (χ0) is 16.9. The first-order valence-electron chi connectivity index (χ1n) is 9.61. The number of nitrogens with one attached hydrogen (secondary N) is 1. The minimum Gasteiger partial charge on any atom is -0.350 e. The highest BCUT2D eigenvalue weighted by Crippen LogP contribution is 2.22. The van der Waals surface area contributed by atoms with Gasteiger partial charge in [-0.1, -0.05) is 13.8 Å². The lowest BCUT2D eigenvalue weighted by Crippen LogP contribution is -2.48. The Balaban J connectivity index is 1.50. The highest BCUT2D eigenvalue weighted by atomic mass is 15.3. The zero-order valence-corrected chi connectivity index (χ0v) is 15.5. The Morgan fingerprint density at radius 1 is 0.917 bits per heavy atom. The van der Waals surface area contributed by atoms with E-state index in [4.69, 9.17) is 0 Å². The number of nitrogens with zero attached hydrogens (tertiary/aromatic N) is 5. The monoisotopic (exact) mass is 332 g/mol. The standard InChI is InChI=1S/C18H32N6/c1-4-16-17(5-2)21-22-18(20-16)19-14-6-12-24(13-7-14)15-8-10-23(3)11-9-15/h14-15H,4-13H2,1-3H3,(H,19,20,22). The van der Waals surface area contributed by atoms with Crippen LogP contribution >= 0.6 is 0 Å². The molecule has 3 rings (SSSR count). The summed E-state index contributed by atoms with van der Waals surface area (Å²) in [5, 5.41) is 12.1. The highest BCUT2D eigenvalue weighted by molar-refractivity contribution is 5.27. The number of aryl methyl sites for hydroxylation is 2. The molecule has 0 spiro atoms. The molecule has 1 N–H and O–H groups in total. The van der Waals surface area contributed by atoms with Crippen LogP contribution in [-0.4, -0.2) is 70.3 Å². The lowest BCUT2D eigenvalue weighted by molar-refractivity contribution is 0.0993. The minimum absolute atomic E-state index is 0.478. The SMILES string of the molecule is CCc1nnc(NC2CCN(C3CCN(C)CC3)CC2)nc1CC. The van der Waals surface area contributed by atoms with Gasteiger partial charge in [-0.05, 0) is 58.7 Å². The van der Waals surface area contributed by atoms with Crippen LogP contribution in [0.3, 0.4) is 0 Å². The van der Waals surface area contributed by atoms with Crippen molar-refractivity contribution >= 4 is 5.95 Å². The van der Waals surface area contributed by atoms with E-state index in [2.05, 4.69) is 51.2 Å². The van der Waals surface area contributed by atoms with Crippen LogP contribution in [0.2, 0.25) is 0 Å². The van der Waals surface area contributed by atoms with Crippen LogP contribution in [-0.2, 0) is 12.8 Å². The van der Waals surface area contributed by atoms with Gasteiger partial charge < -0.3 is 15.1 Å². The molecule has 1 aromatic rings. The molecule has 134 valence electrons. The molecule has 2 aliphatic rings. The first-order chi connectivity index (χ1) is 11.7. The van der Waals surface area contributed by atoms with Crippen molar-refractivity contribution in [3.05, 3.63) is 11.4 Å². The largest absolute Gasteiger partial charge is 0.350 e. The Morgan fingerprint density at radius 3 is 2.21 bits per heavy atom. The quantitative estimate of drug-likeness (QED) is 0.890. The predicted octanol–water partition coefficient (Wildman–Crippen LogP) is 1.97. The van der Waals surface area contributed by atoms with Crippen LogP contribution in [0.5, 0.6) is 0 Å². The Kier molecular flexibility index (Phi) is 6.00. The van der Waals surface area contributed by atoms with E-state index in [1.807, 2.05) is 0 Å². The number of aromatic nitrogens is 3. The number of piperidine rings is 2. The molecule has 0 aliphatic carbocycles. The Labute approximate surface area is 146 Å². The van der Waals surface area contributed by atoms with Crippen LogP contribution in [0.15, 0.2) is 0 Å². The fourth-order valence-electron chi connectivity index (χ4n) is 3.95. The maximum absolute atomic E-state index is 4.67. The van der Waals surface area contributed by atoms with Crippen molar-refractivity contribution in [3.63, 3.8) is 0 Å². The van der Waals surface area contributed by atoms with E-state index in [0.29, 0.717) is 12.0 Å². The van der Waals surface area contributed by atoms with Crippen molar-refractivity contribution < 1.29 is 0 Å². The fraction of sp³-hybridized carbons (Fsp3) is 0.833. The van der Waals surface area contributed by atoms with Gasteiger partial charge in [0.2, 0.25) is 5.95 Å². The molecule has 2 aliphatic heterocycles. The van der Waals surface area contributed by atoms with Crippen molar-refractivity contribution in [1.82, 2.24) is 25.0 Å². The summed E-state index contributed by atoms with van der Waals surface area (Å²) in [6.45, 7) is 9.10. The molecular formula is C18H32N6. The van der Waals surface area contributed by atoms with Gasteiger partial charge in [0.25, 0.3) is 0 Å². The van der Waals surface area contributed by atoms with E-state index in [-0.39, 0.29) is 0 Å². The van der Waals surface area contributed by atoms with E-state index >= 15 is 0 Å². The van der Waals surface area contributed by atoms with Crippen LogP contribution < -0.4 is 5.32 Å². The second-order valence-electron chi connectivity index (χ2n) is 7.22. The third-order valence-corrected chi connectivity index (χ3v) is 5.58. The average Bonchev–Trinajstić information content (AvgIpc) is 2.63. The number of rotatable bonds is 5. The molecule has 24 heavy (non-hydrogen) atoms. The molecule has 6 heteroatoms. The maximum Gasteiger partial charge on any atom is 0.243 e. The molecule has 0 amide bonds. The normalized spacial score (nSPS) is 22.0. The summed E-state index contributed by atoms with van der Waals surface area (Å²) in [5.41, 5.74) is 2.11. The smallest absolute Gasteiger partial charge is 0.243 e. The molecule has 1 aromatic heterocycles. The van der Waals surface area contributed by atoms with Crippen LogP contribution in [0.4, 0.5) is 5.95 Å². The van der Waals surface area contributed by atoms with E-state index < -0.39 is 0 Å². The molecule has 0 atom stereocenters. The van der Waals surface area contributed by atoms with Gasteiger partial charge in [0.1, 0.15) is 0 Å². The summed E-state index contributed by atoms with van der Waals surface area (Å²) in [5.74, 6) is 0.710. The second kappa shape index (κ2) is 8.21. The van der Waals surface area contributed by atoms with Crippen LogP contribution in [0.1, 0.15) is 50.9 Å². The number of likely N-dealkylation sites (tertiary alicyclic amines) is 2. The van der Waals surface area contributed by atoms with Gasteiger partial charge in [0.05, 0.1) is 11.4 Å². The van der Waals surface area contributed by atoms with Crippen molar-refractivity contribution in [2.75, 3.05) is 38.5 Å². The highest BCUT2D eigenvalue weighted by Gasteiger charge is 2.27. The summed E-state index contributed by atoms with van der Waals surface area (Å²) >= 11 is 0. The summed E-state index contributed by atoms with van der Waals surface area (Å²) in [7, 11) is 2.23. The van der Waals surface area contributed by atoms with Crippen LogP contribution in [0, 0.1) is 0 Å². The topological polar surface area (TPSA) is 57.2 Å². The number of anilines is 1. The van der Waals surface area contributed by atoms with Gasteiger partial charge >= 0.3 is 0 Å². The molecule has 0 saturated carbocycles. The summed E-state index contributed by atoms with van der Waals surface area (Å²) < 4.78 is 0. The number of hydrogen-bond acceptors (Lipinski definition) is 6. The van der Waals surface area contributed by atoms with Gasteiger partial charge in [-0.2, -0.15) is 5.10 Å². The lowest BCUT2D eigenvalue weighted by Gasteiger charge is -2.41. The molecule has 0 unspecified atom stereocenters. The summed E-state index contributed by atoms with van der Waals surface area (Å²) in [6, 6.07) is 1.27. The molecular weight excluding hydrogens is 300 g/mol. The first-order valence-corrected chi connectivity index (χ1v) is 9.61. The second-order valence-corrected chi connectivity index (χ2v) is 7.22. The molecule has 0 aromatic carbocycles. The fourth-order valence-corrected chi connectivity index (χ4v) is 3.95. The van der Waals surface area contributed by atoms with Gasteiger partial charge in [0, 0.05) is 25.2 Å². The molecule has 6 nitrogen and oxygen atoms in total. The molecule has 2 fully saturated rings. The van der Waals surface area contributed by atoms with E-state index in [9.17, 15) is 0 Å². The first kappa shape index (κ1) is 17.5. The van der Waals surface area contributed by atoms with Gasteiger partial charge in [0.15, 0.2) is 0 Å². The zero-order valence-electron chi connectivity index (χ0n) is 15.5. The predicted molar refractivity (Wildman–Crippen MR) is 97.3 cm³/mol. The van der Waals surface area contributed by atoms with Crippen molar-refractivity contribution in [2.24, 2.45) is 0 Å². The maximum atomic E-state index is 4.67. The van der Waals surface area contributed by atoms with Crippen LogP contribution in [0.25, 0.3) is 0 Å². The Morgan fingerprint density at radius 2 is 1.58 bits per heavy atom. The van der Waals surface area contributed by atoms with Crippen molar-refractivity contribution in [3.8, 4) is 0 Å². The van der Waals surface area contributed by atoms with Crippen molar-refractivity contribution in [1.29, 1.82) is 0 Å². The Hall–Kier alpha value is -1.27. The minimum atomic E-state index is 0.478. The van der Waals surface area contributed by atoms with Gasteiger partial charge in [-0.25, -0.2) is 4.98 Å².